The molecule has 1 aromatic rings. The average Bonchev–Trinajstić information content (AvgIpc) is 2.18. The van der Waals surface area contributed by atoms with Gasteiger partial charge in [0.25, 0.3) is 0 Å². The molecule has 0 aromatic heterocycles. The van der Waals surface area contributed by atoms with Gasteiger partial charge in [0.1, 0.15) is 11.8 Å². The largest absolute Gasteiger partial charge is 0.425 e. The van der Waals surface area contributed by atoms with Crippen LogP contribution in [-0.4, -0.2) is 18.6 Å². The summed E-state index contributed by atoms with van der Waals surface area (Å²) in [6.45, 7) is 0.0890. The molecule has 0 fully saturated rings. The van der Waals surface area contributed by atoms with E-state index in [4.69, 9.17) is 16.2 Å². The van der Waals surface area contributed by atoms with Crippen LogP contribution < -0.4 is 16.2 Å². The van der Waals surface area contributed by atoms with Crippen molar-refractivity contribution in [3.05, 3.63) is 30.3 Å². The zero-order valence-electron chi connectivity index (χ0n) is 7.14. The predicted octanol–water partition coefficient (Wildman–Crippen LogP) is -0.122. The van der Waals surface area contributed by atoms with E-state index in [1.54, 1.807) is 24.3 Å². The van der Waals surface area contributed by atoms with Gasteiger partial charge in [-0.15, -0.1) is 0 Å². The highest BCUT2D eigenvalue weighted by Crippen LogP contribution is 2.08. The van der Waals surface area contributed by atoms with E-state index in [9.17, 15) is 4.79 Å². The SMILES string of the molecule is NC[C@@H](N)C(=O)Oc1ccccc1. The molecule has 1 aromatic carbocycles. The second kappa shape index (κ2) is 4.59. The van der Waals surface area contributed by atoms with Crippen LogP contribution in [0.3, 0.4) is 0 Å². The first-order valence-corrected chi connectivity index (χ1v) is 3.96. The molecule has 13 heavy (non-hydrogen) atoms. The van der Waals surface area contributed by atoms with Crippen LogP contribution in [0.1, 0.15) is 0 Å². The number of benzene rings is 1. The van der Waals surface area contributed by atoms with Crippen molar-refractivity contribution in [1.29, 1.82) is 0 Å². The number of carbonyl (C=O) groups is 1. The number of nitrogens with two attached hydrogens (primary N) is 2. The lowest BCUT2D eigenvalue weighted by Crippen LogP contribution is -2.40. The molecule has 70 valence electrons. The summed E-state index contributed by atoms with van der Waals surface area (Å²) in [5, 5.41) is 0. The van der Waals surface area contributed by atoms with Crippen molar-refractivity contribution in [3.63, 3.8) is 0 Å². The van der Waals surface area contributed by atoms with E-state index in [0.29, 0.717) is 5.75 Å². The molecule has 0 aliphatic heterocycles. The first-order valence-electron chi connectivity index (χ1n) is 3.96. The van der Waals surface area contributed by atoms with E-state index < -0.39 is 12.0 Å². The monoisotopic (exact) mass is 180 g/mol. The van der Waals surface area contributed by atoms with E-state index in [0.717, 1.165) is 0 Å². The Morgan fingerprint density at radius 2 is 2.00 bits per heavy atom. The first-order chi connectivity index (χ1) is 6.24. The van der Waals surface area contributed by atoms with Crippen LogP contribution >= 0.6 is 0 Å². The van der Waals surface area contributed by atoms with Crippen LogP contribution in [0.25, 0.3) is 0 Å². The van der Waals surface area contributed by atoms with Crippen LogP contribution in [-0.2, 0) is 4.79 Å². The fourth-order valence-corrected chi connectivity index (χ4v) is 0.777. The van der Waals surface area contributed by atoms with Gasteiger partial charge in [-0.2, -0.15) is 0 Å². The molecule has 0 aliphatic rings. The Kier molecular flexibility index (Phi) is 3.42. The summed E-state index contributed by atoms with van der Waals surface area (Å²) in [4.78, 5) is 11.1. The zero-order valence-corrected chi connectivity index (χ0v) is 7.14. The van der Waals surface area contributed by atoms with Crippen LogP contribution in [0.15, 0.2) is 30.3 Å². The molecule has 0 saturated carbocycles. The van der Waals surface area contributed by atoms with Gasteiger partial charge in [-0.1, -0.05) is 18.2 Å². The third-order valence-electron chi connectivity index (χ3n) is 1.52. The number of hydrogen-bond acceptors (Lipinski definition) is 4. The summed E-state index contributed by atoms with van der Waals surface area (Å²) >= 11 is 0. The zero-order chi connectivity index (χ0) is 9.68. The number of rotatable bonds is 3. The molecule has 0 spiro atoms. The van der Waals surface area contributed by atoms with Gasteiger partial charge in [0.15, 0.2) is 0 Å². The first kappa shape index (κ1) is 9.70. The maximum absolute atomic E-state index is 11.1. The van der Waals surface area contributed by atoms with Gasteiger partial charge < -0.3 is 16.2 Å². The molecule has 0 bridgehead atoms. The number of carbonyl (C=O) groups excluding carboxylic acids is 1. The second-order valence-electron chi connectivity index (χ2n) is 2.58. The van der Waals surface area contributed by atoms with E-state index in [1.807, 2.05) is 6.07 Å². The van der Waals surface area contributed by atoms with E-state index >= 15 is 0 Å². The van der Waals surface area contributed by atoms with Gasteiger partial charge >= 0.3 is 5.97 Å². The number of para-hydroxylation sites is 1. The van der Waals surface area contributed by atoms with E-state index in [1.165, 1.54) is 0 Å². The fraction of sp³-hybridized carbons (Fsp3) is 0.222. The van der Waals surface area contributed by atoms with Gasteiger partial charge in [-0.05, 0) is 12.1 Å². The van der Waals surface area contributed by atoms with Crippen molar-refractivity contribution in [2.24, 2.45) is 11.5 Å². The van der Waals surface area contributed by atoms with Crippen LogP contribution in [0.5, 0.6) is 5.75 Å². The molecule has 1 rings (SSSR count). The smallest absolute Gasteiger partial charge is 0.329 e. The summed E-state index contributed by atoms with van der Waals surface area (Å²) in [6.07, 6.45) is 0. The molecule has 0 unspecified atom stereocenters. The standard InChI is InChI=1S/C9H12N2O2/c10-6-8(11)9(12)13-7-4-2-1-3-5-7/h1-5,8H,6,10-11H2/t8-/m1/s1. The predicted molar refractivity (Wildman–Crippen MR) is 49.1 cm³/mol. The van der Waals surface area contributed by atoms with E-state index in [2.05, 4.69) is 0 Å². The van der Waals surface area contributed by atoms with Gasteiger partial charge in [-0.3, -0.25) is 0 Å². The summed E-state index contributed by atoms with van der Waals surface area (Å²) in [6, 6.07) is 8.00. The third-order valence-corrected chi connectivity index (χ3v) is 1.52. The van der Waals surface area contributed by atoms with Gasteiger partial charge in [0.2, 0.25) is 0 Å². The van der Waals surface area contributed by atoms with Crippen molar-refractivity contribution in [2.75, 3.05) is 6.54 Å². The Morgan fingerprint density at radius 3 is 2.54 bits per heavy atom. The van der Waals surface area contributed by atoms with Crippen molar-refractivity contribution >= 4 is 5.97 Å². The minimum absolute atomic E-state index is 0.0890. The van der Waals surface area contributed by atoms with Gasteiger partial charge in [0.05, 0.1) is 0 Å². The Bertz CT molecular complexity index is 274. The molecular formula is C9H12N2O2. The van der Waals surface area contributed by atoms with Gasteiger partial charge in [-0.25, -0.2) is 4.79 Å². The molecule has 4 N–H and O–H groups in total. The van der Waals surface area contributed by atoms with Gasteiger partial charge in [0, 0.05) is 6.54 Å². The van der Waals surface area contributed by atoms with Crippen LogP contribution in [0, 0.1) is 0 Å². The normalized spacial score (nSPS) is 12.2. The highest BCUT2D eigenvalue weighted by Gasteiger charge is 2.13. The molecule has 4 heteroatoms. The molecule has 0 saturated heterocycles. The quantitative estimate of drug-likeness (QED) is 0.502. The maximum Gasteiger partial charge on any atom is 0.329 e. The minimum atomic E-state index is -0.750. The average molecular weight is 180 g/mol. The summed E-state index contributed by atoms with van der Waals surface area (Å²) in [7, 11) is 0. The van der Waals surface area contributed by atoms with Crippen LogP contribution in [0.4, 0.5) is 0 Å². The molecule has 4 nitrogen and oxygen atoms in total. The minimum Gasteiger partial charge on any atom is -0.425 e. The lowest BCUT2D eigenvalue weighted by atomic mass is 10.3. The highest BCUT2D eigenvalue weighted by atomic mass is 16.5. The second-order valence-corrected chi connectivity index (χ2v) is 2.58. The lowest BCUT2D eigenvalue weighted by Gasteiger charge is -2.07. The van der Waals surface area contributed by atoms with E-state index in [-0.39, 0.29) is 6.54 Å². The molecule has 1 atom stereocenters. The molecular weight excluding hydrogens is 168 g/mol. The number of esters is 1. The Hall–Kier alpha value is -1.39. The summed E-state index contributed by atoms with van der Waals surface area (Å²) < 4.78 is 4.92. The molecule has 0 radical (unpaired) electrons. The topological polar surface area (TPSA) is 78.3 Å². The van der Waals surface area contributed by atoms with Crippen molar-refractivity contribution < 1.29 is 9.53 Å². The summed E-state index contributed by atoms with van der Waals surface area (Å²) in [5.74, 6) is -0.0231. The Morgan fingerprint density at radius 1 is 1.38 bits per heavy atom. The third kappa shape index (κ3) is 2.85. The molecule has 0 aliphatic carbocycles. The Labute approximate surface area is 76.5 Å². The highest BCUT2D eigenvalue weighted by molar-refractivity contribution is 5.78. The maximum atomic E-state index is 11.1. The molecule has 0 heterocycles. The fourth-order valence-electron chi connectivity index (χ4n) is 0.777. The van der Waals surface area contributed by atoms with Crippen LogP contribution in [0.2, 0.25) is 0 Å². The Balaban J connectivity index is 2.55. The lowest BCUT2D eigenvalue weighted by molar-refractivity contribution is -0.135. The van der Waals surface area contributed by atoms with Crippen molar-refractivity contribution in [3.8, 4) is 5.75 Å². The summed E-state index contributed by atoms with van der Waals surface area (Å²) in [5.41, 5.74) is 10.6. The number of ether oxygens (including phenoxy) is 1. The van der Waals surface area contributed by atoms with Crippen molar-refractivity contribution in [2.45, 2.75) is 6.04 Å². The number of hydrogen-bond donors (Lipinski definition) is 2. The van der Waals surface area contributed by atoms with Crippen molar-refractivity contribution in [1.82, 2.24) is 0 Å². The molecule has 0 amide bonds.